The van der Waals surface area contributed by atoms with Gasteiger partial charge in [-0.15, -0.1) is 0 Å². The molecule has 234 valence electrons. The predicted molar refractivity (Wildman–Crippen MR) is 213 cm³/mol. The summed E-state index contributed by atoms with van der Waals surface area (Å²) in [7, 11) is 0. The lowest BCUT2D eigenvalue weighted by Gasteiger charge is -2.17. The lowest BCUT2D eigenvalue weighted by molar-refractivity contribution is 1.18. The van der Waals surface area contributed by atoms with Crippen molar-refractivity contribution in [1.29, 1.82) is 0 Å². The van der Waals surface area contributed by atoms with E-state index in [1.807, 2.05) is 36.4 Å². The number of hydrogen-bond donors (Lipinski definition) is 0. The van der Waals surface area contributed by atoms with Crippen LogP contribution in [0.25, 0.3) is 103 Å². The Morgan fingerprint density at radius 3 is 1.41 bits per heavy atom. The molecule has 3 nitrogen and oxygen atoms in total. The van der Waals surface area contributed by atoms with E-state index in [4.69, 9.17) is 13.1 Å². The van der Waals surface area contributed by atoms with E-state index in [1.54, 1.807) is 0 Å². The van der Waals surface area contributed by atoms with Crippen molar-refractivity contribution in [2.75, 3.05) is 0 Å². The minimum atomic E-state index is 0.644. The van der Waals surface area contributed by atoms with Crippen LogP contribution in [-0.2, 0) is 0 Å². The minimum Gasteiger partial charge on any atom is -0.309 e. The van der Waals surface area contributed by atoms with E-state index in [2.05, 4.69) is 142 Å². The van der Waals surface area contributed by atoms with Gasteiger partial charge in [-0.1, -0.05) is 140 Å². The first kappa shape index (κ1) is 28.8. The smallest absolute Gasteiger partial charge is 0.195 e. The first-order valence-electron chi connectivity index (χ1n) is 17.0. The maximum Gasteiger partial charge on any atom is 0.195 e. The standard InChI is InChI=1S/C48H27N3/c1-49-31-18-16-30(17-19-31)33-20-21-38(35-13-7-6-12-34(33)35)39-22-23-40(37-15-9-8-14-36(37)39)41-26-28-45-47-42(41)24-25-43-44(50-2)27-29-46(48(43)47)51(45)32-10-4-3-5-11-32/h3-29H. The third-order valence-electron chi connectivity index (χ3n) is 10.4. The fraction of sp³-hybridized carbons (Fsp3) is 0. The van der Waals surface area contributed by atoms with E-state index in [0.29, 0.717) is 11.4 Å². The summed E-state index contributed by atoms with van der Waals surface area (Å²) in [5.74, 6) is 0. The Morgan fingerprint density at radius 1 is 0.353 bits per heavy atom. The SMILES string of the molecule is [C-]#[N+]c1ccc(-c2ccc(-c3ccc(-c4ccc5c6c4ccc4c([N+]#[C-])ccc(c46)n5-c4ccccc4)c4ccccc34)c3ccccc23)cc1. The third-order valence-corrected chi connectivity index (χ3v) is 10.4. The molecule has 0 aliphatic rings. The average Bonchev–Trinajstić information content (AvgIpc) is 3.55. The van der Waals surface area contributed by atoms with Gasteiger partial charge in [-0.3, -0.25) is 0 Å². The van der Waals surface area contributed by atoms with Gasteiger partial charge in [0, 0.05) is 16.5 Å². The van der Waals surface area contributed by atoms with E-state index >= 15 is 0 Å². The molecule has 0 N–H and O–H groups in total. The molecule has 1 aromatic heterocycles. The van der Waals surface area contributed by atoms with Crippen molar-refractivity contribution < 1.29 is 0 Å². The zero-order chi connectivity index (χ0) is 34.1. The van der Waals surface area contributed by atoms with E-state index in [1.165, 1.54) is 54.6 Å². The molecule has 51 heavy (non-hydrogen) atoms. The Labute approximate surface area is 294 Å². The topological polar surface area (TPSA) is 13.7 Å². The van der Waals surface area contributed by atoms with Crippen LogP contribution < -0.4 is 0 Å². The van der Waals surface area contributed by atoms with Gasteiger partial charge in [0.15, 0.2) is 11.4 Å². The van der Waals surface area contributed by atoms with Crippen molar-refractivity contribution in [2.45, 2.75) is 0 Å². The highest BCUT2D eigenvalue weighted by atomic mass is 15.0. The van der Waals surface area contributed by atoms with Crippen molar-refractivity contribution >= 4 is 65.5 Å². The van der Waals surface area contributed by atoms with Gasteiger partial charge in [0.05, 0.1) is 24.2 Å². The molecule has 9 aromatic carbocycles. The van der Waals surface area contributed by atoms with Gasteiger partial charge in [0.2, 0.25) is 0 Å². The molecule has 0 aliphatic carbocycles. The van der Waals surface area contributed by atoms with Crippen LogP contribution in [0.2, 0.25) is 0 Å². The highest BCUT2D eigenvalue weighted by Gasteiger charge is 2.21. The Bertz CT molecular complexity index is 3080. The quantitative estimate of drug-likeness (QED) is 0.134. The first-order valence-corrected chi connectivity index (χ1v) is 17.0. The van der Waals surface area contributed by atoms with Crippen LogP contribution in [0.1, 0.15) is 0 Å². The summed E-state index contributed by atoms with van der Waals surface area (Å²) in [4.78, 5) is 7.48. The summed E-state index contributed by atoms with van der Waals surface area (Å²) in [6.45, 7) is 15.3. The van der Waals surface area contributed by atoms with Crippen LogP contribution in [0.15, 0.2) is 164 Å². The van der Waals surface area contributed by atoms with Gasteiger partial charge in [-0.2, -0.15) is 0 Å². The molecular formula is C48H27N3. The van der Waals surface area contributed by atoms with Crippen LogP contribution in [0, 0.1) is 13.1 Å². The Morgan fingerprint density at radius 2 is 0.824 bits per heavy atom. The molecule has 0 amide bonds. The van der Waals surface area contributed by atoms with Gasteiger partial charge in [0.25, 0.3) is 0 Å². The second-order valence-electron chi connectivity index (χ2n) is 13.0. The molecular weight excluding hydrogens is 619 g/mol. The van der Waals surface area contributed by atoms with Gasteiger partial charge >= 0.3 is 0 Å². The van der Waals surface area contributed by atoms with Gasteiger partial charge in [-0.25, -0.2) is 9.69 Å². The van der Waals surface area contributed by atoms with E-state index in [0.717, 1.165) is 38.6 Å². The van der Waals surface area contributed by atoms with Crippen LogP contribution in [0.5, 0.6) is 0 Å². The molecule has 0 unspecified atom stereocenters. The molecule has 0 radical (unpaired) electrons. The maximum absolute atomic E-state index is 7.92. The number of para-hydroxylation sites is 1. The van der Waals surface area contributed by atoms with Crippen LogP contribution in [0.4, 0.5) is 11.4 Å². The second kappa shape index (κ2) is 11.2. The van der Waals surface area contributed by atoms with E-state index in [-0.39, 0.29) is 0 Å². The number of nitrogens with zero attached hydrogens (tertiary/aromatic N) is 3. The van der Waals surface area contributed by atoms with Gasteiger partial charge < -0.3 is 4.57 Å². The van der Waals surface area contributed by atoms with Crippen molar-refractivity contribution in [3.63, 3.8) is 0 Å². The first-order chi connectivity index (χ1) is 25.2. The molecule has 0 atom stereocenters. The summed E-state index contributed by atoms with van der Waals surface area (Å²) in [6, 6.07) is 57.7. The third kappa shape index (κ3) is 4.23. The molecule has 0 bridgehead atoms. The summed E-state index contributed by atoms with van der Waals surface area (Å²) < 4.78 is 2.33. The highest BCUT2D eigenvalue weighted by molar-refractivity contribution is 6.29. The summed E-state index contributed by atoms with van der Waals surface area (Å²) >= 11 is 0. The molecule has 10 rings (SSSR count). The summed E-state index contributed by atoms with van der Waals surface area (Å²) in [5.41, 5.74) is 11.7. The van der Waals surface area contributed by atoms with Crippen molar-refractivity contribution in [3.8, 4) is 39.1 Å². The second-order valence-corrected chi connectivity index (χ2v) is 13.0. The highest BCUT2D eigenvalue weighted by Crippen LogP contribution is 2.47. The lowest BCUT2D eigenvalue weighted by atomic mass is 9.87. The van der Waals surface area contributed by atoms with Crippen LogP contribution >= 0.6 is 0 Å². The lowest BCUT2D eigenvalue weighted by Crippen LogP contribution is -1.93. The molecule has 0 aliphatic heterocycles. The molecule has 0 saturated heterocycles. The fourth-order valence-corrected chi connectivity index (χ4v) is 8.20. The largest absolute Gasteiger partial charge is 0.309 e. The summed E-state index contributed by atoms with van der Waals surface area (Å²) in [5, 5.41) is 9.27. The number of rotatable bonds is 4. The Kier molecular flexibility index (Phi) is 6.31. The van der Waals surface area contributed by atoms with E-state index < -0.39 is 0 Å². The van der Waals surface area contributed by atoms with Crippen molar-refractivity contribution in [3.05, 3.63) is 187 Å². The molecule has 0 saturated carbocycles. The predicted octanol–water partition coefficient (Wildman–Crippen LogP) is 13.8. The number of aromatic nitrogens is 1. The van der Waals surface area contributed by atoms with Crippen LogP contribution in [0.3, 0.4) is 0 Å². The number of hydrogen-bond acceptors (Lipinski definition) is 0. The molecule has 0 fully saturated rings. The molecule has 0 spiro atoms. The molecule has 10 aromatic rings. The van der Waals surface area contributed by atoms with Crippen LogP contribution in [-0.4, -0.2) is 4.57 Å². The van der Waals surface area contributed by atoms with Gasteiger partial charge in [0.1, 0.15) is 0 Å². The number of fused-ring (bicyclic) bond motifs is 2. The van der Waals surface area contributed by atoms with Crippen molar-refractivity contribution in [1.82, 2.24) is 4.57 Å². The Hall–Kier alpha value is -7.20. The minimum absolute atomic E-state index is 0.644. The zero-order valence-electron chi connectivity index (χ0n) is 27.4. The number of benzene rings is 9. The monoisotopic (exact) mass is 645 g/mol. The molecule has 3 heteroatoms. The fourth-order valence-electron chi connectivity index (χ4n) is 8.20. The maximum atomic E-state index is 7.92. The van der Waals surface area contributed by atoms with E-state index in [9.17, 15) is 0 Å². The van der Waals surface area contributed by atoms with Gasteiger partial charge in [-0.05, 0) is 90.0 Å². The summed E-state index contributed by atoms with van der Waals surface area (Å²) in [6.07, 6.45) is 0. The Balaban J connectivity index is 1.20. The van der Waals surface area contributed by atoms with Crippen molar-refractivity contribution in [2.24, 2.45) is 0 Å². The molecule has 1 heterocycles. The normalized spacial score (nSPS) is 11.5. The average molecular weight is 646 g/mol. The zero-order valence-corrected chi connectivity index (χ0v) is 27.4.